The number of benzene rings is 1. The number of hydrogen-bond donors (Lipinski definition) is 3. The van der Waals surface area contributed by atoms with Crippen molar-refractivity contribution < 1.29 is 13.2 Å². The largest absolute Gasteiger partial charge is 0.368 e. The Kier molecular flexibility index (Phi) is 3.51. The van der Waals surface area contributed by atoms with Crippen molar-refractivity contribution in [2.24, 2.45) is 11.5 Å². The minimum Gasteiger partial charge on any atom is -0.368 e. The maximum atomic E-state index is 11.0. The van der Waals surface area contributed by atoms with Crippen molar-refractivity contribution in [2.45, 2.75) is 6.04 Å². The number of primary amides is 1. The summed E-state index contributed by atoms with van der Waals surface area (Å²) in [5.41, 5.74) is 11.4. The van der Waals surface area contributed by atoms with Gasteiger partial charge in [-0.2, -0.15) is 0 Å². The lowest BCUT2D eigenvalue weighted by Gasteiger charge is -2.10. The molecule has 5 N–H and O–H groups in total. The Morgan fingerprint density at radius 3 is 2.56 bits per heavy atom. The Bertz CT molecular complexity index is 498. The molecule has 0 spiro atoms. The molecule has 0 radical (unpaired) electrons. The second-order valence-corrected chi connectivity index (χ2v) is 5.13. The predicted molar refractivity (Wildman–Crippen MR) is 61.0 cm³/mol. The van der Waals surface area contributed by atoms with E-state index in [-0.39, 0.29) is 0 Å². The van der Waals surface area contributed by atoms with Crippen LogP contribution in [0, 0.1) is 0 Å². The molecular formula is C9H13N3O3S. The summed E-state index contributed by atoms with van der Waals surface area (Å²) in [5, 5.41) is 0. The number of amides is 1. The SMILES string of the molecule is CS(=O)(=O)Nc1cccc(C(N)C(N)=O)c1. The number of anilines is 1. The highest BCUT2D eigenvalue weighted by Gasteiger charge is 2.12. The van der Waals surface area contributed by atoms with Crippen LogP contribution in [0.4, 0.5) is 5.69 Å². The molecule has 0 aromatic heterocycles. The van der Waals surface area contributed by atoms with Gasteiger partial charge in [-0.25, -0.2) is 8.42 Å². The van der Waals surface area contributed by atoms with Crippen LogP contribution in [0.3, 0.4) is 0 Å². The fourth-order valence-corrected chi connectivity index (χ4v) is 1.73. The normalized spacial score (nSPS) is 13.1. The number of nitrogens with two attached hydrogens (primary N) is 2. The monoisotopic (exact) mass is 243 g/mol. The van der Waals surface area contributed by atoms with Gasteiger partial charge in [-0.15, -0.1) is 0 Å². The fourth-order valence-electron chi connectivity index (χ4n) is 1.17. The lowest BCUT2D eigenvalue weighted by Crippen LogP contribution is -2.28. The van der Waals surface area contributed by atoms with Gasteiger partial charge in [-0.05, 0) is 17.7 Å². The Balaban J connectivity index is 3.00. The van der Waals surface area contributed by atoms with Crippen LogP contribution in [0.1, 0.15) is 11.6 Å². The molecule has 0 saturated heterocycles. The van der Waals surface area contributed by atoms with Gasteiger partial charge >= 0.3 is 0 Å². The second kappa shape index (κ2) is 4.50. The van der Waals surface area contributed by atoms with E-state index in [4.69, 9.17) is 11.5 Å². The first kappa shape index (κ1) is 12.5. The van der Waals surface area contributed by atoms with Crippen molar-refractivity contribution in [2.75, 3.05) is 11.0 Å². The summed E-state index contributed by atoms with van der Waals surface area (Å²) >= 11 is 0. The molecule has 0 bridgehead atoms. The maximum absolute atomic E-state index is 11.0. The smallest absolute Gasteiger partial charge is 0.238 e. The summed E-state index contributed by atoms with van der Waals surface area (Å²) in [6.45, 7) is 0. The minimum atomic E-state index is -3.35. The zero-order valence-electron chi connectivity index (χ0n) is 8.67. The number of nitrogens with one attached hydrogen (secondary N) is 1. The quantitative estimate of drug-likeness (QED) is 0.663. The van der Waals surface area contributed by atoms with E-state index in [1.165, 1.54) is 6.07 Å². The topological polar surface area (TPSA) is 115 Å². The molecule has 0 aliphatic heterocycles. The first-order valence-electron chi connectivity index (χ1n) is 4.42. The highest BCUT2D eigenvalue weighted by atomic mass is 32.2. The van der Waals surface area contributed by atoms with Gasteiger partial charge < -0.3 is 11.5 Å². The van der Waals surface area contributed by atoms with E-state index in [0.29, 0.717) is 11.3 Å². The number of carbonyl (C=O) groups is 1. The van der Waals surface area contributed by atoms with E-state index in [9.17, 15) is 13.2 Å². The first-order valence-corrected chi connectivity index (χ1v) is 6.31. The third-order valence-corrected chi connectivity index (χ3v) is 2.46. The summed E-state index contributed by atoms with van der Waals surface area (Å²) in [7, 11) is -3.35. The molecule has 0 heterocycles. The summed E-state index contributed by atoms with van der Waals surface area (Å²) in [5.74, 6) is -0.670. The molecule has 1 unspecified atom stereocenters. The molecule has 6 nitrogen and oxygen atoms in total. The van der Waals surface area contributed by atoms with Gasteiger partial charge in [0.1, 0.15) is 6.04 Å². The molecule has 1 rings (SSSR count). The average molecular weight is 243 g/mol. The van der Waals surface area contributed by atoms with Crippen molar-refractivity contribution >= 4 is 21.6 Å². The summed E-state index contributed by atoms with van der Waals surface area (Å²) in [4.78, 5) is 10.9. The lowest BCUT2D eigenvalue weighted by molar-refractivity contribution is -0.119. The first-order chi connectivity index (χ1) is 7.29. The van der Waals surface area contributed by atoms with Crippen LogP contribution in [0.5, 0.6) is 0 Å². The summed E-state index contributed by atoms with van der Waals surface area (Å²) in [6.07, 6.45) is 1.04. The van der Waals surface area contributed by atoms with Crippen molar-refractivity contribution in [1.29, 1.82) is 0 Å². The second-order valence-electron chi connectivity index (χ2n) is 3.38. The van der Waals surface area contributed by atoms with E-state index in [1.807, 2.05) is 0 Å². The zero-order chi connectivity index (χ0) is 12.3. The van der Waals surface area contributed by atoms with Crippen LogP contribution in [-0.2, 0) is 14.8 Å². The molecule has 0 aliphatic carbocycles. The standard InChI is InChI=1S/C9H13N3O3S/c1-16(14,15)12-7-4-2-3-6(5-7)8(10)9(11)13/h2-5,8,12H,10H2,1H3,(H2,11,13). The van der Waals surface area contributed by atoms with Crippen molar-refractivity contribution in [3.63, 3.8) is 0 Å². The molecule has 0 saturated carbocycles. The number of hydrogen-bond acceptors (Lipinski definition) is 4. The van der Waals surface area contributed by atoms with E-state index in [1.54, 1.807) is 18.2 Å². The van der Waals surface area contributed by atoms with Crippen LogP contribution in [0.15, 0.2) is 24.3 Å². The van der Waals surface area contributed by atoms with Crippen molar-refractivity contribution in [3.8, 4) is 0 Å². The Morgan fingerprint density at radius 1 is 1.44 bits per heavy atom. The van der Waals surface area contributed by atoms with Crippen LogP contribution >= 0.6 is 0 Å². The van der Waals surface area contributed by atoms with Gasteiger partial charge in [-0.1, -0.05) is 12.1 Å². The molecule has 88 valence electrons. The van der Waals surface area contributed by atoms with E-state index in [2.05, 4.69) is 4.72 Å². The van der Waals surface area contributed by atoms with Gasteiger partial charge in [0, 0.05) is 5.69 Å². The predicted octanol–water partition coefficient (Wildman–Crippen LogP) is -0.457. The highest BCUT2D eigenvalue weighted by Crippen LogP contribution is 2.16. The Morgan fingerprint density at radius 2 is 2.06 bits per heavy atom. The Hall–Kier alpha value is -1.60. The van der Waals surface area contributed by atoms with Gasteiger partial charge in [0.2, 0.25) is 15.9 Å². The molecule has 0 aliphatic rings. The van der Waals surface area contributed by atoms with Gasteiger partial charge in [-0.3, -0.25) is 9.52 Å². The summed E-state index contributed by atoms with van der Waals surface area (Å²) in [6, 6.07) is 5.27. The number of carbonyl (C=O) groups excluding carboxylic acids is 1. The molecule has 1 aromatic rings. The van der Waals surface area contributed by atoms with Crippen LogP contribution in [-0.4, -0.2) is 20.6 Å². The fraction of sp³-hybridized carbons (Fsp3) is 0.222. The molecular weight excluding hydrogens is 230 g/mol. The van der Waals surface area contributed by atoms with E-state index in [0.717, 1.165) is 6.26 Å². The molecule has 0 fully saturated rings. The van der Waals surface area contributed by atoms with Crippen molar-refractivity contribution in [1.82, 2.24) is 0 Å². The molecule has 1 atom stereocenters. The third kappa shape index (κ3) is 3.52. The third-order valence-electron chi connectivity index (χ3n) is 1.86. The zero-order valence-corrected chi connectivity index (χ0v) is 9.49. The van der Waals surface area contributed by atoms with Gasteiger partial charge in [0.15, 0.2) is 0 Å². The van der Waals surface area contributed by atoms with Gasteiger partial charge in [0.25, 0.3) is 0 Å². The number of sulfonamides is 1. The van der Waals surface area contributed by atoms with E-state index < -0.39 is 22.0 Å². The van der Waals surface area contributed by atoms with Crippen LogP contribution in [0.2, 0.25) is 0 Å². The average Bonchev–Trinajstić information content (AvgIpc) is 2.14. The molecule has 1 amide bonds. The maximum Gasteiger partial charge on any atom is 0.238 e. The summed E-state index contributed by atoms with van der Waals surface area (Å²) < 4.78 is 24.2. The minimum absolute atomic E-state index is 0.344. The van der Waals surface area contributed by atoms with E-state index >= 15 is 0 Å². The van der Waals surface area contributed by atoms with Crippen LogP contribution in [0.25, 0.3) is 0 Å². The van der Waals surface area contributed by atoms with Crippen molar-refractivity contribution in [3.05, 3.63) is 29.8 Å². The molecule has 7 heteroatoms. The van der Waals surface area contributed by atoms with Gasteiger partial charge in [0.05, 0.1) is 6.26 Å². The van der Waals surface area contributed by atoms with Crippen LogP contribution < -0.4 is 16.2 Å². The lowest BCUT2D eigenvalue weighted by atomic mass is 10.1. The molecule has 1 aromatic carbocycles. The number of rotatable bonds is 4. The molecule has 16 heavy (non-hydrogen) atoms. The Labute approximate surface area is 93.7 Å². The highest BCUT2D eigenvalue weighted by molar-refractivity contribution is 7.92.